The van der Waals surface area contributed by atoms with E-state index < -0.39 is 17.9 Å². The van der Waals surface area contributed by atoms with Crippen LogP contribution in [0.4, 0.5) is 0 Å². The van der Waals surface area contributed by atoms with Crippen LogP contribution in [0.5, 0.6) is 0 Å². The van der Waals surface area contributed by atoms with Crippen molar-refractivity contribution >= 4 is 11.9 Å². The first-order valence-electron chi connectivity index (χ1n) is 6.70. The van der Waals surface area contributed by atoms with Crippen molar-refractivity contribution in [2.45, 2.75) is 32.4 Å². The second-order valence-corrected chi connectivity index (χ2v) is 4.62. The van der Waals surface area contributed by atoms with E-state index in [0.29, 0.717) is 25.1 Å². The van der Waals surface area contributed by atoms with Crippen molar-refractivity contribution in [3.8, 4) is 0 Å². The summed E-state index contributed by atoms with van der Waals surface area (Å²) in [5.74, 6) is -0.901. The van der Waals surface area contributed by atoms with E-state index in [4.69, 9.17) is 9.52 Å². The third-order valence-corrected chi connectivity index (χ3v) is 2.94. The molecule has 112 valence electrons. The number of nitrogens with one attached hydrogen (secondary N) is 1. The van der Waals surface area contributed by atoms with Crippen LogP contribution < -0.4 is 5.32 Å². The highest BCUT2D eigenvalue weighted by atomic mass is 16.4. The maximum Gasteiger partial charge on any atom is 0.326 e. The largest absolute Gasteiger partial charge is 0.480 e. The molecular formula is C14H17N3O4. The Labute approximate surface area is 121 Å². The van der Waals surface area contributed by atoms with Crippen molar-refractivity contribution in [1.82, 2.24) is 15.1 Å². The van der Waals surface area contributed by atoms with Gasteiger partial charge in [-0.1, -0.05) is 13.3 Å². The molecule has 2 rings (SSSR count). The molecule has 2 aromatic rings. The molecule has 21 heavy (non-hydrogen) atoms. The predicted molar refractivity (Wildman–Crippen MR) is 73.8 cm³/mol. The first-order chi connectivity index (χ1) is 10.1. The Morgan fingerprint density at radius 3 is 2.90 bits per heavy atom. The van der Waals surface area contributed by atoms with E-state index in [1.807, 2.05) is 6.92 Å². The van der Waals surface area contributed by atoms with Gasteiger partial charge in [0, 0.05) is 12.4 Å². The van der Waals surface area contributed by atoms with Crippen LogP contribution in [0.1, 0.15) is 36.1 Å². The molecule has 0 bridgehead atoms. The second-order valence-electron chi connectivity index (χ2n) is 4.62. The van der Waals surface area contributed by atoms with E-state index in [9.17, 15) is 9.59 Å². The van der Waals surface area contributed by atoms with Crippen LogP contribution in [0, 0.1) is 0 Å². The molecule has 0 unspecified atom stereocenters. The van der Waals surface area contributed by atoms with Crippen molar-refractivity contribution in [3.63, 3.8) is 0 Å². The Morgan fingerprint density at radius 1 is 1.48 bits per heavy atom. The fourth-order valence-electron chi connectivity index (χ4n) is 1.91. The van der Waals surface area contributed by atoms with Crippen LogP contribution in [0.2, 0.25) is 0 Å². The van der Waals surface area contributed by atoms with Crippen molar-refractivity contribution < 1.29 is 19.1 Å². The van der Waals surface area contributed by atoms with Gasteiger partial charge in [0.2, 0.25) is 0 Å². The van der Waals surface area contributed by atoms with Crippen LogP contribution in [0.3, 0.4) is 0 Å². The molecule has 2 N–H and O–H groups in total. The molecule has 0 spiro atoms. The number of carbonyl (C=O) groups excluding carboxylic acids is 1. The van der Waals surface area contributed by atoms with Gasteiger partial charge < -0.3 is 14.8 Å². The van der Waals surface area contributed by atoms with E-state index in [0.717, 1.165) is 0 Å². The Bertz CT molecular complexity index is 604. The van der Waals surface area contributed by atoms with Crippen LogP contribution in [-0.2, 0) is 11.3 Å². The summed E-state index contributed by atoms with van der Waals surface area (Å²) >= 11 is 0. The molecule has 0 radical (unpaired) electrons. The minimum atomic E-state index is -1.05. The molecule has 2 aromatic heterocycles. The maximum absolute atomic E-state index is 12.0. The normalized spacial score (nSPS) is 12.0. The number of aliphatic carboxylic acids is 1. The predicted octanol–water partition coefficient (Wildman–Crippen LogP) is 1.51. The van der Waals surface area contributed by atoms with E-state index in [2.05, 4.69) is 10.4 Å². The number of aromatic nitrogens is 2. The molecule has 0 aliphatic heterocycles. The molecule has 0 fully saturated rings. The average Bonchev–Trinajstić information content (AvgIpc) is 3.10. The lowest BCUT2D eigenvalue weighted by Crippen LogP contribution is -2.40. The zero-order valence-corrected chi connectivity index (χ0v) is 11.7. The van der Waals surface area contributed by atoms with Gasteiger partial charge in [0.25, 0.3) is 5.91 Å². The molecule has 1 atom stereocenters. The Kier molecular flexibility index (Phi) is 4.76. The van der Waals surface area contributed by atoms with E-state index >= 15 is 0 Å². The third-order valence-electron chi connectivity index (χ3n) is 2.94. The van der Waals surface area contributed by atoms with Gasteiger partial charge in [0.05, 0.1) is 6.54 Å². The van der Waals surface area contributed by atoms with Gasteiger partial charge in [0.15, 0.2) is 5.76 Å². The molecule has 0 aliphatic carbocycles. The quantitative estimate of drug-likeness (QED) is 0.805. The zero-order chi connectivity index (χ0) is 15.2. The summed E-state index contributed by atoms with van der Waals surface area (Å²) in [6, 6.07) is 4.09. The topological polar surface area (TPSA) is 97.4 Å². The molecule has 1 amide bonds. The third kappa shape index (κ3) is 3.95. The van der Waals surface area contributed by atoms with Crippen LogP contribution in [0.15, 0.2) is 35.0 Å². The van der Waals surface area contributed by atoms with E-state index in [-0.39, 0.29) is 5.76 Å². The minimum absolute atomic E-state index is 0.0968. The maximum atomic E-state index is 12.0. The first kappa shape index (κ1) is 14.8. The van der Waals surface area contributed by atoms with Crippen molar-refractivity contribution in [3.05, 3.63) is 42.1 Å². The van der Waals surface area contributed by atoms with Gasteiger partial charge in [-0.3, -0.25) is 9.48 Å². The van der Waals surface area contributed by atoms with Crippen LogP contribution >= 0.6 is 0 Å². The fraction of sp³-hybridized carbons (Fsp3) is 0.357. The highest BCUT2D eigenvalue weighted by molar-refractivity contribution is 5.94. The van der Waals surface area contributed by atoms with Gasteiger partial charge in [-0.05, 0) is 24.6 Å². The zero-order valence-electron chi connectivity index (χ0n) is 11.7. The molecule has 0 saturated heterocycles. The lowest BCUT2D eigenvalue weighted by Gasteiger charge is -2.12. The SMILES string of the molecule is CCC[C@@H](NC(=O)c1ccc(Cn2cccn2)o1)C(=O)O. The van der Waals surface area contributed by atoms with E-state index in [1.54, 1.807) is 29.2 Å². The minimum Gasteiger partial charge on any atom is -0.480 e. The second kappa shape index (κ2) is 6.74. The van der Waals surface area contributed by atoms with Crippen LogP contribution in [0.25, 0.3) is 0 Å². The molecule has 7 nitrogen and oxygen atoms in total. The number of hydrogen-bond donors (Lipinski definition) is 2. The number of nitrogens with zero attached hydrogens (tertiary/aromatic N) is 2. The first-order valence-corrected chi connectivity index (χ1v) is 6.70. The molecule has 2 heterocycles. The number of rotatable bonds is 7. The van der Waals surface area contributed by atoms with Crippen molar-refractivity contribution in [2.75, 3.05) is 0 Å². The Hall–Kier alpha value is -2.57. The summed E-state index contributed by atoms with van der Waals surface area (Å²) in [5, 5.41) is 15.5. The number of hydrogen-bond acceptors (Lipinski definition) is 4. The van der Waals surface area contributed by atoms with Crippen molar-refractivity contribution in [2.24, 2.45) is 0 Å². The molecule has 7 heteroatoms. The number of furan rings is 1. The van der Waals surface area contributed by atoms with Gasteiger partial charge >= 0.3 is 5.97 Å². The van der Waals surface area contributed by atoms with Gasteiger partial charge in [-0.2, -0.15) is 5.10 Å². The molecule has 0 saturated carbocycles. The molecule has 0 aromatic carbocycles. The van der Waals surface area contributed by atoms with Crippen molar-refractivity contribution in [1.29, 1.82) is 0 Å². The van der Waals surface area contributed by atoms with Gasteiger partial charge in [-0.25, -0.2) is 4.79 Å². The fourth-order valence-corrected chi connectivity index (χ4v) is 1.91. The number of carboxylic acid groups (broad SMARTS) is 1. The summed E-state index contributed by atoms with van der Waals surface area (Å²) in [6.45, 7) is 2.27. The van der Waals surface area contributed by atoms with Gasteiger partial charge in [-0.15, -0.1) is 0 Å². The summed E-state index contributed by atoms with van der Waals surface area (Å²) in [4.78, 5) is 23.0. The lowest BCUT2D eigenvalue weighted by atomic mass is 10.1. The highest BCUT2D eigenvalue weighted by Gasteiger charge is 2.21. The Balaban J connectivity index is 1.99. The summed E-state index contributed by atoms with van der Waals surface area (Å²) in [6.07, 6.45) is 4.48. The molecular weight excluding hydrogens is 274 g/mol. The smallest absolute Gasteiger partial charge is 0.326 e. The standard InChI is InChI=1S/C14H17N3O4/c1-2-4-11(14(19)20)16-13(18)12-6-5-10(21-12)9-17-8-3-7-15-17/h3,5-8,11H,2,4,9H2,1H3,(H,16,18)(H,19,20)/t11-/m1/s1. The number of amides is 1. The Morgan fingerprint density at radius 2 is 2.29 bits per heavy atom. The van der Waals surface area contributed by atoms with Gasteiger partial charge in [0.1, 0.15) is 11.8 Å². The summed E-state index contributed by atoms with van der Waals surface area (Å²) in [5.41, 5.74) is 0. The number of carboxylic acids is 1. The highest BCUT2D eigenvalue weighted by Crippen LogP contribution is 2.10. The number of carbonyl (C=O) groups is 2. The summed E-state index contributed by atoms with van der Waals surface area (Å²) in [7, 11) is 0. The van der Waals surface area contributed by atoms with E-state index in [1.165, 1.54) is 6.07 Å². The monoisotopic (exact) mass is 291 g/mol. The lowest BCUT2D eigenvalue weighted by molar-refractivity contribution is -0.139. The van der Waals surface area contributed by atoms with Crippen LogP contribution in [-0.4, -0.2) is 32.8 Å². The molecule has 0 aliphatic rings. The summed E-state index contributed by atoms with van der Waals surface area (Å²) < 4.78 is 7.08. The average molecular weight is 291 g/mol.